The van der Waals surface area contributed by atoms with E-state index in [4.69, 9.17) is 4.98 Å². The summed E-state index contributed by atoms with van der Waals surface area (Å²) in [6.07, 6.45) is 13.2. The molecule has 25 heavy (non-hydrogen) atoms. The zero-order chi connectivity index (χ0) is 17.3. The molecule has 3 rings (SSSR count). The van der Waals surface area contributed by atoms with Crippen LogP contribution in [0.5, 0.6) is 0 Å². The van der Waals surface area contributed by atoms with Crippen molar-refractivity contribution in [2.24, 2.45) is 0 Å². The second-order valence-corrected chi connectivity index (χ2v) is 6.69. The average Bonchev–Trinajstić information content (AvgIpc) is 3.06. The van der Waals surface area contributed by atoms with Gasteiger partial charge in [-0.2, -0.15) is 5.10 Å². The van der Waals surface area contributed by atoms with E-state index in [2.05, 4.69) is 47.3 Å². The second kappa shape index (κ2) is 9.30. The Labute approximate surface area is 150 Å². The molecule has 0 atom stereocenters. The molecule has 0 bridgehead atoms. The summed E-state index contributed by atoms with van der Waals surface area (Å²) in [6, 6.07) is 10.7. The maximum absolute atomic E-state index is 4.72. The third-order valence-electron chi connectivity index (χ3n) is 4.61. The Balaban J connectivity index is 1.44. The lowest BCUT2D eigenvalue weighted by Gasteiger charge is -2.05. The molecule has 2 aromatic heterocycles. The summed E-state index contributed by atoms with van der Waals surface area (Å²) in [5, 5.41) is 5.54. The van der Waals surface area contributed by atoms with Gasteiger partial charge < -0.3 is 0 Å². The SMILES string of the molecule is CCCCc1ncc2cnn(CCCCCCc3ccccc3)c2n1. The summed E-state index contributed by atoms with van der Waals surface area (Å²) in [4.78, 5) is 9.16. The molecule has 0 aliphatic rings. The topological polar surface area (TPSA) is 43.6 Å². The van der Waals surface area contributed by atoms with Crippen molar-refractivity contribution in [1.82, 2.24) is 19.7 Å². The lowest BCUT2D eigenvalue weighted by atomic mass is 10.1. The number of rotatable bonds is 10. The quantitative estimate of drug-likeness (QED) is 0.491. The van der Waals surface area contributed by atoms with Crippen molar-refractivity contribution in [3.63, 3.8) is 0 Å². The van der Waals surface area contributed by atoms with Crippen LogP contribution in [0.3, 0.4) is 0 Å². The zero-order valence-electron chi connectivity index (χ0n) is 15.2. The van der Waals surface area contributed by atoms with Gasteiger partial charge in [0.15, 0.2) is 5.65 Å². The number of benzene rings is 1. The van der Waals surface area contributed by atoms with Crippen LogP contribution in [0.4, 0.5) is 0 Å². The van der Waals surface area contributed by atoms with Crippen LogP contribution >= 0.6 is 0 Å². The van der Waals surface area contributed by atoms with Crippen molar-refractivity contribution in [1.29, 1.82) is 0 Å². The molecule has 0 aliphatic heterocycles. The average molecular weight is 336 g/mol. The van der Waals surface area contributed by atoms with Gasteiger partial charge in [0.1, 0.15) is 5.82 Å². The molecule has 4 heteroatoms. The van der Waals surface area contributed by atoms with Crippen molar-refractivity contribution in [2.45, 2.75) is 64.8 Å². The van der Waals surface area contributed by atoms with Crippen LogP contribution in [0.2, 0.25) is 0 Å². The van der Waals surface area contributed by atoms with Gasteiger partial charge in [-0.15, -0.1) is 0 Å². The Kier molecular flexibility index (Phi) is 6.55. The molecule has 0 unspecified atom stereocenters. The molecule has 132 valence electrons. The van der Waals surface area contributed by atoms with Gasteiger partial charge in [-0.05, 0) is 31.2 Å². The third-order valence-corrected chi connectivity index (χ3v) is 4.61. The molecule has 1 aromatic carbocycles. The van der Waals surface area contributed by atoms with Gasteiger partial charge in [0.2, 0.25) is 0 Å². The fraction of sp³-hybridized carbons (Fsp3) is 0.476. The van der Waals surface area contributed by atoms with Crippen molar-refractivity contribution >= 4 is 11.0 Å². The highest BCUT2D eigenvalue weighted by Crippen LogP contribution is 2.13. The predicted molar refractivity (Wildman–Crippen MR) is 103 cm³/mol. The van der Waals surface area contributed by atoms with Crippen LogP contribution in [-0.4, -0.2) is 19.7 Å². The van der Waals surface area contributed by atoms with Crippen molar-refractivity contribution in [3.05, 3.63) is 54.1 Å². The first kappa shape index (κ1) is 17.6. The van der Waals surface area contributed by atoms with E-state index in [1.807, 2.05) is 17.1 Å². The molecule has 0 aliphatic carbocycles. The van der Waals surface area contributed by atoms with Crippen LogP contribution in [0.25, 0.3) is 11.0 Å². The van der Waals surface area contributed by atoms with Crippen LogP contribution in [0, 0.1) is 0 Å². The lowest BCUT2D eigenvalue weighted by Crippen LogP contribution is -2.03. The largest absolute Gasteiger partial charge is 0.247 e. The molecular formula is C21H28N4. The van der Waals surface area contributed by atoms with Crippen LogP contribution in [0.15, 0.2) is 42.7 Å². The molecule has 3 aromatic rings. The van der Waals surface area contributed by atoms with E-state index in [9.17, 15) is 0 Å². The maximum Gasteiger partial charge on any atom is 0.161 e. The molecule has 0 spiro atoms. The van der Waals surface area contributed by atoms with Crippen molar-refractivity contribution < 1.29 is 0 Å². The van der Waals surface area contributed by atoms with E-state index in [1.165, 1.54) is 37.7 Å². The second-order valence-electron chi connectivity index (χ2n) is 6.69. The van der Waals surface area contributed by atoms with Crippen molar-refractivity contribution in [3.8, 4) is 0 Å². The van der Waals surface area contributed by atoms with Gasteiger partial charge in [0, 0.05) is 19.2 Å². The number of aryl methyl sites for hydroxylation is 3. The highest BCUT2D eigenvalue weighted by Gasteiger charge is 2.06. The van der Waals surface area contributed by atoms with Crippen molar-refractivity contribution in [2.75, 3.05) is 0 Å². The normalized spacial score (nSPS) is 11.2. The fourth-order valence-corrected chi connectivity index (χ4v) is 3.11. The van der Waals surface area contributed by atoms with E-state index in [0.29, 0.717) is 0 Å². The van der Waals surface area contributed by atoms with Gasteiger partial charge in [-0.1, -0.05) is 56.5 Å². The summed E-state index contributed by atoms with van der Waals surface area (Å²) in [6.45, 7) is 3.14. The first-order valence-electron chi connectivity index (χ1n) is 9.58. The third kappa shape index (κ3) is 5.12. The molecule has 0 saturated carbocycles. The summed E-state index contributed by atoms with van der Waals surface area (Å²) >= 11 is 0. The Morgan fingerprint density at radius 3 is 2.56 bits per heavy atom. The van der Waals surface area contributed by atoms with E-state index >= 15 is 0 Å². The smallest absolute Gasteiger partial charge is 0.161 e. The fourth-order valence-electron chi connectivity index (χ4n) is 3.11. The number of aromatic nitrogens is 4. The standard InChI is InChI=1S/C21H28N4/c1-2-3-14-20-22-16-19-17-23-25(21(19)24-20)15-10-5-4-7-11-18-12-8-6-9-13-18/h6,8-9,12-13,16-17H,2-5,7,10-11,14-15H2,1H3. The van der Waals surface area contributed by atoms with Crippen LogP contribution < -0.4 is 0 Å². The summed E-state index contributed by atoms with van der Waals surface area (Å²) < 4.78 is 2.05. The molecular weight excluding hydrogens is 308 g/mol. The number of unbranched alkanes of at least 4 members (excludes halogenated alkanes) is 4. The van der Waals surface area contributed by atoms with Crippen LogP contribution in [-0.2, 0) is 19.4 Å². The minimum absolute atomic E-state index is 0.943. The summed E-state index contributed by atoms with van der Waals surface area (Å²) in [5.41, 5.74) is 2.43. The molecule has 0 saturated heterocycles. The number of nitrogens with zero attached hydrogens (tertiary/aromatic N) is 4. The van der Waals surface area contributed by atoms with Gasteiger partial charge in [0.05, 0.1) is 11.6 Å². The first-order valence-corrected chi connectivity index (χ1v) is 9.58. The Hall–Kier alpha value is -2.23. The first-order chi connectivity index (χ1) is 12.4. The Morgan fingerprint density at radius 2 is 1.72 bits per heavy atom. The molecule has 0 amide bonds. The molecule has 4 nitrogen and oxygen atoms in total. The van der Waals surface area contributed by atoms with Gasteiger partial charge >= 0.3 is 0 Å². The number of fused-ring (bicyclic) bond motifs is 1. The molecule has 0 radical (unpaired) electrons. The predicted octanol–water partition coefficient (Wildman–Crippen LogP) is 4.97. The molecule has 0 N–H and O–H groups in total. The summed E-state index contributed by atoms with van der Waals surface area (Å²) in [7, 11) is 0. The van der Waals surface area contributed by atoms with Crippen LogP contribution in [0.1, 0.15) is 56.8 Å². The summed E-state index contributed by atoms with van der Waals surface area (Å²) in [5.74, 6) is 0.943. The van der Waals surface area contributed by atoms with E-state index in [-0.39, 0.29) is 0 Å². The Bertz CT molecular complexity index is 764. The van der Waals surface area contributed by atoms with Gasteiger partial charge in [0.25, 0.3) is 0 Å². The Morgan fingerprint density at radius 1 is 0.880 bits per heavy atom. The minimum Gasteiger partial charge on any atom is -0.247 e. The zero-order valence-corrected chi connectivity index (χ0v) is 15.2. The number of hydrogen-bond donors (Lipinski definition) is 0. The van der Waals surface area contributed by atoms with E-state index < -0.39 is 0 Å². The highest BCUT2D eigenvalue weighted by atomic mass is 15.3. The van der Waals surface area contributed by atoms with E-state index in [0.717, 1.165) is 42.7 Å². The molecule has 2 heterocycles. The molecule has 0 fully saturated rings. The minimum atomic E-state index is 0.943. The monoisotopic (exact) mass is 336 g/mol. The lowest BCUT2D eigenvalue weighted by molar-refractivity contribution is 0.543. The van der Waals surface area contributed by atoms with Gasteiger partial charge in [-0.3, -0.25) is 0 Å². The number of hydrogen-bond acceptors (Lipinski definition) is 3. The van der Waals surface area contributed by atoms with Gasteiger partial charge in [-0.25, -0.2) is 14.6 Å². The highest BCUT2D eigenvalue weighted by molar-refractivity contribution is 5.73. The maximum atomic E-state index is 4.72. The van der Waals surface area contributed by atoms with E-state index in [1.54, 1.807) is 0 Å².